The average molecular weight is 331 g/mol. The molecule has 2 bridgehead atoms. The van der Waals surface area contributed by atoms with Gasteiger partial charge in [-0.2, -0.15) is 0 Å². The number of esters is 2. The molecule has 1 aromatic carbocycles. The van der Waals surface area contributed by atoms with E-state index in [2.05, 4.69) is 0 Å². The van der Waals surface area contributed by atoms with Crippen molar-refractivity contribution in [2.75, 3.05) is 7.11 Å². The molecule has 0 spiro atoms. The summed E-state index contributed by atoms with van der Waals surface area (Å²) in [4.78, 5) is 38.4. The number of piperidine rings is 1. The Bertz CT molecular complexity index is 644. The van der Waals surface area contributed by atoms with Crippen molar-refractivity contribution in [3.05, 3.63) is 35.9 Å². The predicted molar refractivity (Wildman–Crippen MR) is 85.1 cm³/mol. The number of nitrogens with zero attached hydrogens (tertiary/aromatic N) is 1. The third kappa shape index (κ3) is 2.88. The van der Waals surface area contributed by atoms with E-state index >= 15 is 0 Å². The Morgan fingerprint density at radius 2 is 1.83 bits per heavy atom. The van der Waals surface area contributed by atoms with Gasteiger partial charge in [-0.1, -0.05) is 18.2 Å². The number of benzene rings is 1. The Hall–Kier alpha value is -2.37. The van der Waals surface area contributed by atoms with Crippen molar-refractivity contribution < 1.29 is 23.9 Å². The summed E-state index contributed by atoms with van der Waals surface area (Å²) < 4.78 is 10.6. The Balaban J connectivity index is 1.83. The number of hydrogen-bond donors (Lipinski definition) is 0. The standard InChI is InChI=1S/C18H21NO5/c1-11(20)19-13-8-9-14(19)16(18(22)23-2)15(10-13)24-17(21)12-6-4-3-5-7-12/h3-7,13-16H,8-10H2,1-2H3/t13-,14+,15-,16+/m0/s1. The second kappa shape index (κ2) is 6.63. The minimum Gasteiger partial charge on any atom is -0.469 e. The molecule has 2 aliphatic heterocycles. The summed E-state index contributed by atoms with van der Waals surface area (Å²) in [6, 6.07) is 8.44. The van der Waals surface area contributed by atoms with Crippen molar-refractivity contribution in [2.45, 2.75) is 44.4 Å². The minimum atomic E-state index is -0.634. The van der Waals surface area contributed by atoms with Crippen LogP contribution in [0.3, 0.4) is 0 Å². The van der Waals surface area contributed by atoms with Crippen LogP contribution >= 0.6 is 0 Å². The molecule has 4 atom stereocenters. The molecule has 2 aliphatic rings. The van der Waals surface area contributed by atoms with Crippen LogP contribution < -0.4 is 0 Å². The zero-order chi connectivity index (χ0) is 17.3. The molecular formula is C18H21NO5. The normalized spacial score (nSPS) is 28.3. The molecule has 0 unspecified atom stereocenters. The lowest BCUT2D eigenvalue weighted by molar-refractivity contribution is -0.159. The molecule has 2 fully saturated rings. The lowest BCUT2D eigenvalue weighted by Gasteiger charge is -2.42. The summed E-state index contributed by atoms with van der Waals surface area (Å²) in [7, 11) is 1.32. The van der Waals surface area contributed by atoms with Crippen molar-refractivity contribution in [2.24, 2.45) is 5.92 Å². The lowest BCUT2D eigenvalue weighted by atomic mass is 9.87. The molecule has 6 heteroatoms. The van der Waals surface area contributed by atoms with Crippen molar-refractivity contribution in [1.82, 2.24) is 4.90 Å². The molecule has 0 aliphatic carbocycles. The SMILES string of the molecule is COC(=O)[C@H]1[C@@H](OC(=O)c2ccccc2)C[C@@H]2CC[C@H]1N2C(C)=O. The minimum absolute atomic E-state index is 0.0157. The van der Waals surface area contributed by atoms with E-state index in [0.29, 0.717) is 12.0 Å². The number of rotatable bonds is 3. The number of amides is 1. The highest BCUT2D eigenvalue weighted by Gasteiger charge is 2.53. The molecule has 6 nitrogen and oxygen atoms in total. The average Bonchev–Trinajstić information content (AvgIpc) is 2.90. The van der Waals surface area contributed by atoms with Gasteiger partial charge in [0.15, 0.2) is 0 Å². The fraction of sp³-hybridized carbons (Fsp3) is 0.500. The molecule has 24 heavy (non-hydrogen) atoms. The molecule has 0 aromatic heterocycles. The zero-order valence-electron chi connectivity index (χ0n) is 13.8. The second-order valence-corrected chi connectivity index (χ2v) is 6.32. The van der Waals surface area contributed by atoms with Gasteiger partial charge in [0, 0.05) is 25.4 Å². The third-order valence-electron chi connectivity index (χ3n) is 4.97. The molecule has 0 saturated carbocycles. The maximum absolute atomic E-state index is 12.4. The maximum Gasteiger partial charge on any atom is 0.338 e. The highest BCUT2D eigenvalue weighted by molar-refractivity contribution is 5.90. The van der Waals surface area contributed by atoms with E-state index in [1.165, 1.54) is 14.0 Å². The van der Waals surface area contributed by atoms with Crippen molar-refractivity contribution in [3.8, 4) is 0 Å². The van der Waals surface area contributed by atoms with Gasteiger partial charge >= 0.3 is 11.9 Å². The van der Waals surface area contributed by atoms with Gasteiger partial charge in [-0.25, -0.2) is 4.79 Å². The van der Waals surface area contributed by atoms with Gasteiger partial charge in [0.25, 0.3) is 0 Å². The third-order valence-corrected chi connectivity index (χ3v) is 4.97. The van der Waals surface area contributed by atoms with E-state index in [-0.39, 0.29) is 18.0 Å². The summed E-state index contributed by atoms with van der Waals surface area (Å²) in [5.74, 6) is -1.57. The van der Waals surface area contributed by atoms with Gasteiger partial charge in [-0.3, -0.25) is 9.59 Å². The van der Waals surface area contributed by atoms with E-state index in [4.69, 9.17) is 9.47 Å². The van der Waals surface area contributed by atoms with Gasteiger partial charge in [0.2, 0.25) is 5.91 Å². The Labute approximate surface area is 140 Å². The first-order chi connectivity index (χ1) is 11.5. The molecule has 0 N–H and O–H groups in total. The summed E-state index contributed by atoms with van der Waals surface area (Å²) in [6.07, 6.45) is 1.44. The number of fused-ring (bicyclic) bond motifs is 2. The monoisotopic (exact) mass is 331 g/mol. The van der Waals surface area contributed by atoms with E-state index < -0.39 is 24.0 Å². The summed E-state index contributed by atoms with van der Waals surface area (Å²) in [6.45, 7) is 1.51. The van der Waals surface area contributed by atoms with Crippen molar-refractivity contribution in [3.63, 3.8) is 0 Å². The smallest absolute Gasteiger partial charge is 0.338 e. The first-order valence-electron chi connectivity index (χ1n) is 8.15. The molecule has 1 amide bonds. The highest BCUT2D eigenvalue weighted by atomic mass is 16.6. The largest absolute Gasteiger partial charge is 0.469 e. The summed E-state index contributed by atoms with van der Waals surface area (Å²) in [5.41, 5.74) is 0.447. The Morgan fingerprint density at radius 1 is 1.12 bits per heavy atom. The van der Waals surface area contributed by atoms with Crippen LogP contribution in [-0.4, -0.2) is 48.0 Å². The molecule has 0 radical (unpaired) electrons. The van der Waals surface area contributed by atoms with Gasteiger partial charge in [0.1, 0.15) is 12.0 Å². The van der Waals surface area contributed by atoms with Crippen LogP contribution in [-0.2, 0) is 19.1 Å². The molecule has 1 aromatic rings. The summed E-state index contributed by atoms with van der Waals surface area (Å²) >= 11 is 0. The van der Waals surface area contributed by atoms with Crippen LogP contribution in [0.5, 0.6) is 0 Å². The number of methoxy groups -OCH3 is 1. The van der Waals surface area contributed by atoms with Crippen LogP contribution in [0, 0.1) is 5.92 Å². The quantitative estimate of drug-likeness (QED) is 0.790. The Morgan fingerprint density at radius 3 is 2.46 bits per heavy atom. The van der Waals surface area contributed by atoms with E-state index in [0.717, 1.165) is 12.8 Å². The highest BCUT2D eigenvalue weighted by Crippen LogP contribution is 2.41. The topological polar surface area (TPSA) is 72.9 Å². The molecular weight excluding hydrogens is 310 g/mol. The molecule has 2 heterocycles. The maximum atomic E-state index is 12.4. The van der Waals surface area contributed by atoms with E-state index in [9.17, 15) is 14.4 Å². The fourth-order valence-corrected chi connectivity index (χ4v) is 4.00. The number of carbonyl (C=O) groups excluding carboxylic acids is 3. The Kier molecular flexibility index (Phi) is 4.55. The van der Waals surface area contributed by atoms with Crippen LogP contribution in [0.4, 0.5) is 0 Å². The first-order valence-corrected chi connectivity index (χ1v) is 8.15. The van der Waals surface area contributed by atoms with E-state index in [1.807, 2.05) is 6.07 Å². The fourth-order valence-electron chi connectivity index (χ4n) is 4.00. The second-order valence-electron chi connectivity index (χ2n) is 6.32. The van der Waals surface area contributed by atoms with Gasteiger partial charge in [0.05, 0.1) is 12.7 Å². The van der Waals surface area contributed by atoms with Gasteiger partial charge in [-0.05, 0) is 25.0 Å². The van der Waals surface area contributed by atoms with Gasteiger partial charge < -0.3 is 14.4 Å². The molecule has 3 rings (SSSR count). The van der Waals surface area contributed by atoms with Crippen LogP contribution in [0.25, 0.3) is 0 Å². The number of carbonyl (C=O) groups is 3. The lowest BCUT2D eigenvalue weighted by Crippen LogP contribution is -2.56. The van der Waals surface area contributed by atoms with Crippen molar-refractivity contribution in [1.29, 1.82) is 0 Å². The molecule has 128 valence electrons. The number of hydrogen-bond acceptors (Lipinski definition) is 5. The van der Waals surface area contributed by atoms with E-state index in [1.54, 1.807) is 29.2 Å². The zero-order valence-corrected chi connectivity index (χ0v) is 13.8. The van der Waals surface area contributed by atoms with Crippen LogP contribution in [0.1, 0.15) is 36.5 Å². The first kappa shape index (κ1) is 16.5. The van der Waals surface area contributed by atoms with Crippen LogP contribution in [0.2, 0.25) is 0 Å². The predicted octanol–water partition coefficient (Wildman–Crippen LogP) is 1.78. The van der Waals surface area contributed by atoms with Gasteiger partial charge in [-0.15, -0.1) is 0 Å². The molecule has 2 saturated heterocycles. The summed E-state index contributed by atoms with van der Waals surface area (Å²) in [5, 5.41) is 0. The number of ether oxygens (including phenoxy) is 2. The van der Waals surface area contributed by atoms with Crippen molar-refractivity contribution >= 4 is 17.8 Å². The van der Waals surface area contributed by atoms with Crippen LogP contribution in [0.15, 0.2) is 30.3 Å².